The molecule has 278 valence electrons. The lowest BCUT2D eigenvalue weighted by molar-refractivity contribution is 0.242. The van der Waals surface area contributed by atoms with Crippen LogP contribution in [0, 0.1) is 29.1 Å². The summed E-state index contributed by atoms with van der Waals surface area (Å²) >= 11 is 0. The van der Waals surface area contributed by atoms with Gasteiger partial charge in [0.25, 0.3) is 0 Å². The average Bonchev–Trinajstić information content (AvgIpc) is 3.96. The Labute approximate surface area is 315 Å². The van der Waals surface area contributed by atoms with Crippen molar-refractivity contribution in [2.45, 2.75) is 142 Å². The van der Waals surface area contributed by atoms with Gasteiger partial charge >= 0.3 is 0 Å². The molecule has 2 nitrogen and oxygen atoms in total. The number of ether oxygens (including phenoxy) is 1. The summed E-state index contributed by atoms with van der Waals surface area (Å²) in [7, 11) is 0. The van der Waals surface area contributed by atoms with E-state index in [1.807, 2.05) is 39.8 Å². The van der Waals surface area contributed by atoms with Gasteiger partial charge in [-0.05, 0) is 169 Å². The van der Waals surface area contributed by atoms with Gasteiger partial charge in [-0.1, -0.05) is 106 Å². The first kappa shape index (κ1) is 43.3. The molecule has 3 aliphatic rings. The molecule has 0 amide bonds. The maximum absolute atomic E-state index is 9.25. The molecule has 0 aliphatic heterocycles. The van der Waals surface area contributed by atoms with Gasteiger partial charge in [0.05, 0.1) is 17.7 Å². The number of nitrogens with zero attached hydrogens (tertiary/aromatic N) is 1. The number of benzene rings is 2. The Hall–Kier alpha value is -3.83. The van der Waals surface area contributed by atoms with E-state index in [0.29, 0.717) is 23.3 Å². The molecule has 2 aromatic carbocycles. The Kier molecular flexibility index (Phi) is 17.2. The van der Waals surface area contributed by atoms with Gasteiger partial charge in [-0.15, -0.1) is 0 Å². The van der Waals surface area contributed by atoms with Crippen molar-refractivity contribution in [1.82, 2.24) is 0 Å². The molecule has 1 fully saturated rings. The summed E-state index contributed by atoms with van der Waals surface area (Å²) in [4.78, 5) is 0. The lowest BCUT2D eigenvalue weighted by Gasteiger charge is -2.29. The fourth-order valence-corrected chi connectivity index (χ4v) is 7.66. The zero-order valence-electron chi connectivity index (χ0n) is 33.7. The van der Waals surface area contributed by atoms with Crippen molar-refractivity contribution >= 4 is 11.1 Å². The minimum Gasteiger partial charge on any atom is -0.491 e. The Balaban J connectivity index is 0.00000218. The third-order valence-corrected chi connectivity index (χ3v) is 10.9. The standard InChI is InChI=1S/C44H53NO.2C2H6.CH4.H2/c1-27(2)46-40-21-19-38(20-22-40)32(7)33(8)41-25-42(41)34(9)37-11-10-12-39(18-17-37)44-30(5)23-28(3)31(6)43(44)24-29(4)36-15-13-35(26-45)14-16-36;2*1-2;;/h12-16,19-22,24,27-28,37,41H,10-11,17-18,23,25H2,1-9H3;2*1-2H3;1H4;1H/b29-24+,33-32+,42-34+;;;;. The van der Waals surface area contributed by atoms with Gasteiger partial charge in [-0.2, -0.15) is 5.26 Å². The molecule has 3 aliphatic carbocycles. The predicted molar refractivity (Wildman–Crippen MR) is 227 cm³/mol. The van der Waals surface area contributed by atoms with Crippen LogP contribution in [-0.2, 0) is 0 Å². The van der Waals surface area contributed by atoms with E-state index in [9.17, 15) is 5.26 Å². The molecule has 0 radical (unpaired) electrons. The number of hydrogen-bond donors (Lipinski definition) is 0. The minimum absolute atomic E-state index is 0. The van der Waals surface area contributed by atoms with Crippen LogP contribution >= 0.6 is 0 Å². The van der Waals surface area contributed by atoms with E-state index in [-0.39, 0.29) is 15.0 Å². The Morgan fingerprint density at radius 1 is 0.882 bits per heavy atom. The molecule has 3 atom stereocenters. The maximum atomic E-state index is 9.25. The normalized spacial score (nSPS) is 21.8. The van der Waals surface area contributed by atoms with E-state index >= 15 is 0 Å². The van der Waals surface area contributed by atoms with Crippen molar-refractivity contribution in [3.05, 3.63) is 122 Å². The van der Waals surface area contributed by atoms with Gasteiger partial charge in [-0.25, -0.2) is 0 Å². The summed E-state index contributed by atoms with van der Waals surface area (Å²) < 4.78 is 5.86. The zero-order chi connectivity index (χ0) is 37.1. The van der Waals surface area contributed by atoms with Gasteiger partial charge in [0.2, 0.25) is 0 Å². The molecule has 2 heteroatoms. The highest BCUT2D eigenvalue weighted by atomic mass is 16.5. The minimum atomic E-state index is 0. The quantitative estimate of drug-likeness (QED) is 0.258. The molecule has 3 unspecified atom stereocenters. The van der Waals surface area contributed by atoms with Gasteiger partial charge in [0.1, 0.15) is 5.75 Å². The van der Waals surface area contributed by atoms with Crippen molar-refractivity contribution in [2.24, 2.45) is 17.8 Å². The van der Waals surface area contributed by atoms with Gasteiger partial charge < -0.3 is 4.74 Å². The van der Waals surface area contributed by atoms with Crippen molar-refractivity contribution in [3.63, 3.8) is 0 Å². The number of hydrogen-bond acceptors (Lipinski definition) is 2. The molecule has 0 saturated heterocycles. The van der Waals surface area contributed by atoms with Crippen LogP contribution in [0.4, 0.5) is 0 Å². The molecule has 5 rings (SSSR count). The first-order chi connectivity index (χ1) is 24.0. The lowest BCUT2D eigenvalue weighted by Crippen LogP contribution is -2.12. The Bertz CT molecular complexity index is 1700. The first-order valence-electron chi connectivity index (χ1n) is 19.4. The molecule has 0 bridgehead atoms. The summed E-state index contributed by atoms with van der Waals surface area (Å²) in [6.07, 6.45) is 12.3. The molecular weight excluding hydrogens is 619 g/mol. The van der Waals surface area contributed by atoms with Gasteiger partial charge in [0.15, 0.2) is 0 Å². The van der Waals surface area contributed by atoms with E-state index in [0.717, 1.165) is 25.0 Å². The predicted octanol–water partition coefficient (Wildman–Crippen LogP) is 15.3. The zero-order valence-corrected chi connectivity index (χ0v) is 33.7. The van der Waals surface area contributed by atoms with Crippen LogP contribution in [0.1, 0.15) is 154 Å². The third-order valence-electron chi connectivity index (χ3n) is 10.9. The Morgan fingerprint density at radius 2 is 1.49 bits per heavy atom. The van der Waals surface area contributed by atoms with Crippen LogP contribution in [0.5, 0.6) is 5.75 Å². The van der Waals surface area contributed by atoms with Crippen molar-refractivity contribution in [2.75, 3.05) is 0 Å². The van der Waals surface area contributed by atoms with Crippen molar-refractivity contribution in [3.8, 4) is 11.8 Å². The number of allylic oxidation sites excluding steroid dienone is 12. The number of rotatable bonds is 8. The number of nitriles is 1. The third kappa shape index (κ3) is 10.8. The molecule has 0 spiro atoms. The molecule has 2 aromatic rings. The van der Waals surface area contributed by atoms with E-state index in [1.165, 1.54) is 69.4 Å². The smallest absolute Gasteiger partial charge is 0.119 e. The first-order valence-corrected chi connectivity index (χ1v) is 19.4. The van der Waals surface area contributed by atoms with E-state index < -0.39 is 0 Å². The van der Waals surface area contributed by atoms with E-state index in [4.69, 9.17) is 4.74 Å². The topological polar surface area (TPSA) is 33.0 Å². The summed E-state index contributed by atoms with van der Waals surface area (Å²) in [6.45, 7) is 28.5. The van der Waals surface area contributed by atoms with Gasteiger partial charge in [0, 0.05) is 7.34 Å². The van der Waals surface area contributed by atoms with Crippen LogP contribution in [0.2, 0.25) is 0 Å². The fourth-order valence-electron chi connectivity index (χ4n) is 7.66. The van der Waals surface area contributed by atoms with Crippen LogP contribution in [0.25, 0.3) is 11.1 Å². The highest BCUT2D eigenvalue weighted by molar-refractivity contribution is 5.72. The molecule has 0 N–H and O–H groups in total. The molecule has 1 saturated carbocycles. The maximum Gasteiger partial charge on any atom is 0.119 e. The van der Waals surface area contributed by atoms with Crippen LogP contribution in [0.15, 0.2) is 105 Å². The van der Waals surface area contributed by atoms with Crippen LogP contribution < -0.4 is 4.74 Å². The fraction of sp³-hybridized carbons (Fsp3) is 0.490. The van der Waals surface area contributed by atoms with Crippen LogP contribution in [0.3, 0.4) is 0 Å². The monoisotopic (exact) mass is 690 g/mol. The summed E-state index contributed by atoms with van der Waals surface area (Å²) in [5.41, 5.74) is 18.2. The highest BCUT2D eigenvalue weighted by Crippen LogP contribution is 2.51. The second kappa shape index (κ2) is 20.3. The molecule has 51 heavy (non-hydrogen) atoms. The average molecular weight is 690 g/mol. The molecule has 0 aromatic heterocycles. The lowest BCUT2D eigenvalue weighted by atomic mass is 9.76. The SMILES string of the molecule is C.CC.CC.CC1=C(C2=CCCC(/C(C)=C3\CC3/C(C)=C(\C)c3ccc(OC(C)C)cc3)CC2)C(/C=C(\C)c2ccc(C#N)cc2)=C(C)C(C)C1.[HH]. The van der Waals surface area contributed by atoms with E-state index in [2.05, 4.69) is 117 Å². The van der Waals surface area contributed by atoms with Crippen molar-refractivity contribution < 1.29 is 6.16 Å². The largest absolute Gasteiger partial charge is 0.491 e. The summed E-state index contributed by atoms with van der Waals surface area (Å²) in [5.74, 6) is 2.74. The second-order valence-electron chi connectivity index (χ2n) is 14.4. The second-order valence-corrected chi connectivity index (χ2v) is 14.4. The molecule has 0 heterocycles. The van der Waals surface area contributed by atoms with Crippen LogP contribution in [-0.4, -0.2) is 6.10 Å². The highest BCUT2D eigenvalue weighted by Gasteiger charge is 2.36. The summed E-state index contributed by atoms with van der Waals surface area (Å²) in [5, 5.41) is 9.25. The molecular formula is C49H71NO. The van der Waals surface area contributed by atoms with Gasteiger partial charge in [-0.3, -0.25) is 0 Å². The van der Waals surface area contributed by atoms with E-state index in [1.54, 1.807) is 16.7 Å². The van der Waals surface area contributed by atoms with Crippen molar-refractivity contribution in [1.29, 1.82) is 5.26 Å². The summed E-state index contributed by atoms with van der Waals surface area (Å²) in [6, 6.07) is 18.9. The Morgan fingerprint density at radius 3 is 2.08 bits per heavy atom.